The van der Waals surface area contributed by atoms with Gasteiger partial charge in [0, 0.05) is 19.7 Å². The summed E-state index contributed by atoms with van der Waals surface area (Å²) in [5.74, 6) is -2.75. The van der Waals surface area contributed by atoms with E-state index in [1.807, 2.05) is 44.2 Å². The van der Waals surface area contributed by atoms with Crippen LogP contribution in [0, 0.1) is 18.8 Å². The van der Waals surface area contributed by atoms with Crippen molar-refractivity contribution in [1.29, 1.82) is 0 Å². The monoisotopic (exact) mass is 542 g/mol. The Bertz CT molecular complexity index is 1160. The SMILES string of the molecule is CC[C@@]12C=CCOC(=O)[C@@H]1[C@H]1C(=O)N(CCCCCCO)C3C(=O)N(c4c(C)cccc4Cl)CC=C[C@@]31O2. The zero-order valence-corrected chi connectivity index (χ0v) is 22.7. The van der Waals surface area contributed by atoms with Gasteiger partial charge >= 0.3 is 5.97 Å². The molecule has 38 heavy (non-hydrogen) atoms. The Labute approximate surface area is 228 Å². The lowest BCUT2D eigenvalue weighted by Crippen LogP contribution is -2.56. The third-order valence-corrected chi connectivity index (χ3v) is 8.77. The molecule has 5 atom stereocenters. The lowest BCUT2D eigenvalue weighted by molar-refractivity contribution is -0.157. The van der Waals surface area contributed by atoms with Crippen LogP contribution in [0.25, 0.3) is 0 Å². The number of para-hydroxylation sites is 1. The highest BCUT2D eigenvalue weighted by molar-refractivity contribution is 6.34. The number of nitrogens with zero attached hydrogens (tertiary/aromatic N) is 2. The lowest BCUT2D eigenvalue weighted by Gasteiger charge is -2.38. The Morgan fingerprint density at radius 1 is 1.05 bits per heavy atom. The first-order valence-electron chi connectivity index (χ1n) is 13.5. The van der Waals surface area contributed by atoms with Gasteiger partial charge in [0.25, 0.3) is 5.91 Å². The number of aliphatic hydroxyl groups excluding tert-OH is 1. The zero-order valence-electron chi connectivity index (χ0n) is 21.9. The van der Waals surface area contributed by atoms with Gasteiger partial charge in [-0.25, -0.2) is 0 Å². The molecular formula is C29H35ClN2O6. The largest absolute Gasteiger partial charge is 0.461 e. The number of hydrogen-bond acceptors (Lipinski definition) is 6. The fraction of sp³-hybridized carbons (Fsp3) is 0.552. The summed E-state index contributed by atoms with van der Waals surface area (Å²) in [5.41, 5.74) is -0.902. The van der Waals surface area contributed by atoms with Crippen LogP contribution in [0.1, 0.15) is 44.6 Å². The minimum atomic E-state index is -1.31. The number of amides is 2. The third-order valence-electron chi connectivity index (χ3n) is 8.46. The lowest BCUT2D eigenvalue weighted by atomic mass is 9.73. The van der Waals surface area contributed by atoms with Crippen LogP contribution in [-0.4, -0.2) is 71.3 Å². The summed E-state index contributed by atoms with van der Waals surface area (Å²) in [4.78, 5) is 45.3. The number of benzene rings is 1. The molecule has 5 rings (SSSR count). The molecule has 1 unspecified atom stereocenters. The van der Waals surface area contributed by atoms with E-state index in [9.17, 15) is 14.4 Å². The van der Waals surface area contributed by atoms with E-state index in [0.29, 0.717) is 36.5 Å². The van der Waals surface area contributed by atoms with E-state index in [-0.39, 0.29) is 31.6 Å². The quantitative estimate of drug-likeness (QED) is 0.306. The van der Waals surface area contributed by atoms with E-state index in [0.717, 1.165) is 18.4 Å². The number of carbonyl (C=O) groups is 3. The van der Waals surface area contributed by atoms with Crippen LogP contribution in [0.3, 0.4) is 0 Å². The molecule has 2 saturated heterocycles. The van der Waals surface area contributed by atoms with E-state index >= 15 is 0 Å². The molecule has 1 spiro atoms. The maximum absolute atomic E-state index is 14.5. The third kappa shape index (κ3) is 4.08. The van der Waals surface area contributed by atoms with Crippen LogP contribution in [0.5, 0.6) is 0 Å². The highest BCUT2D eigenvalue weighted by Crippen LogP contribution is 2.58. The molecule has 0 aromatic heterocycles. The first kappa shape index (κ1) is 26.9. The molecule has 1 N–H and O–H groups in total. The van der Waals surface area contributed by atoms with E-state index in [2.05, 4.69) is 0 Å². The van der Waals surface area contributed by atoms with Gasteiger partial charge in [0.1, 0.15) is 29.8 Å². The molecule has 2 fully saturated rings. The number of rotatable bonds is 8. The van der Waals surface area contributed by atoms with Gasteiger partial charge in [0.15, 0.2) is 0 Å². The number of anilines is 1. The average Bonchev–Trinajstić information content (AvgIpc) is 3.16. The summed E-state index contributed by atoms with van der Waals surface area (Å²) in [5, 5.41) is 9.59. The zero-order chi connectivity index (χ0) is 27.1. The first-order valence-corrected chi connectivity index (χ1v) is 13.9. The van der Waals surface area contributed by atoms with Gasteiger partial charge in [-0.1, -0.05) is 61.7 Å². The van der Waals surface area contributed by atoms with Crippen LogP contribution in [0.15, 0.2) is 42.5 Å². The van der Waals surface area contributed by atoms with Gasteiger partial charge in [0.2, 0.25) is 5.91 Å². The van der Waals surface area contributed by atoms with E-state index in [4.69, 9.17) is 26.2 Å². The highest BCUT2D eigenvalue weighted by Gasteiger charge is 2.75. The van der Waals surface area contributed by atoms with Crippen molar-refractivity contribution in [3.05, 3.63) is 53.1 Å². The number of aliphatic hydroxyl groups is 1. The number of cyclic esters (lactones) is 1. The maximum atomic E-state index is 14.5. The van der Waals surface area contributed by atoms with Crippen molar-refractivity contribution in [2.24, 2.45) is 11.8 Å². The van der Waals surface area contributed by atoms with Crippen molar-refractivity contribution >= 4 is 35.1 Å². The van der Waals surface area contributed by atoms with Crippen molar-refractivity contribution in [3.63, 3.8) is 0 Å². The Morgan fingerprint density at radius 3 is 2.58 bits per heavy atom. The van der Waals surface area contributed by atoms with Crippen molar-refractivity contribution in [3.8, 4) is 0 Å². The van der Waals surface area contributed by atoms with E-state index in [1.54, 1.807) is 21.9 Å². The fourth-order valence-corrected chi connectivity index (χ4v) is 7.07. The minimum absolute atomic E-state index is 0.121. The van der Waals surface area contributed by atoms with Crippen LogP contribution in [0.2, 0.25) is 5.02 Å². The molecular weight excluding hydrogens is 508 g/mol. The number of hydrogen-bond donors (Lipinski definition) is 1. The van der Waals surface area contributed by atoms with Crippen molar-refractivity contribution in [1.82, 2.24) is 4.90 Å². The summed E-state index contributed by atoms with van der Waals surface area (Å²) < 4.78 is 12.3. The molecule has 1 aromatic carbocycles. The minimum Gasteiger partial charge on any atom is -0.461 e. The van der Waals surface area contributed by atoms with Crippen LogP contribution >= 0.6 is 11.6 Å². The summed E-state index contributed by atoms with van der Waals surface area (Å²) in [6, 6.07) is 4.53. The van der Waals surface area contributed by atoms with Crippen molar-refractivity contribution < 1.29 is 29.0 Å². The summed E-state index contributed by atoms with van der Waals surface area (Å²) in [6.45, 7) is 4.68. The van der Waals surface area contributed by atoms with Gasteiger partial charge < -0.3 is 24.4 Å². The molecule has 1 aromatic rings. The first-order chi connectivity index (χ1) is 18.3. The summed E-state index contributed by atoms with van der Waals surface area (Å²) >= 11 is 6.59. The molecule has 4 aliphatic rings. The van der Waals surface area contributed by atoms with E-state index < -0.39 is 35.0 Å². The van der Waals surface area contributed by atoms with Gasteiger partial charge in [-0.15, -0.1) is 0 Å². The molecule has 4 aliphatic heterocycles. The van der Waals surface area contributed by atoms with E-state index in [1.165, 1.54) is 0 Å². The average molecular weight is 543 g/mol. The Kier molecular flexibility index (Phi) is 7.42. The highest BCUT2D eigenvalue weighted by atomic mass is 35.5. The summed E-state index contributed by atoms with van der Waals surface area (Å²) in [7, 11) is 0. The van der Waals surface area contributed by atoms with Crippen molar-refractivity contribution in [2.45, 2.75) is 63.2 Å². The van der Waals surface area contributed by atoms with Crippen LogP contribution in [0.4, 0.5) is 5.69 Å². The maximum Gasteiger partial charge on any atom is 0.313 e. The number of carbonyl (C=O) groups excluding carboxylic acids is 3. The Morgan fingerprint density at radius 2 is 1.84 bits per heavy atom. The second-order valence-corrected chi connectivity index (χ2v) is 11.0. The molecule has 2 amide bonds. The molecule has 9 heteroatoms. The van der Waals surface area contributed by atoms with Gasteiger partial charge in [-0.3, -0.25) is 14.4 Å². The molecule has 0 bridgehead atoms. The van der Waals surface area contributed by atoms with Crippen LogP contribution in [-0.2, 0) is 23.9 Å². The molecule has 8 nitrogen and oxygen atoms in total. The number of aryl methyl sites for hydroxylation is 1. The van der Waals surface area contributed by atoms with Crippen LogP contribution < -0.4 is 4.90 Å². The molecule has 0 aliphatic carbocycles. The molecule has 4 heterocycles. The number of fused-ring (bicyclic) bond motifs is 2. The molecule has 0 saturated carbocycles. The number of halogens is 1. The number of ether oxygens (including phenoxy) is 2. The second kappa shape index (κ2) is 10.5. The Balaban J connectivity index is 1.60. The second-order valence-electron chi connectivity index (χ2n) is 10.6. The number of likely N-dealkylation sites (tertiary alicyclic amines) is 1. The number of unbranched alkanes of at least 4 members (excludes halogenated alkanes) is 3. The number of esters is 1. The van der Waals surface area contributed by atoms with Gasteiger partial charge in [-0.2, -0.15) is 0 Å². The summed E-state index contributed by atoms with van der Waals surface area (Å²) in [6.07, 6.45) is 10.7. The predicted octanol–water partition coefficient (Wildman–Crippen LogP) is 3.58. The fourth-order valence-electron chi connectivity index (χ4n) is 6.75. The van der Waals surface area contributed by atoms with Crippen molar-refractivity contribution in [2.75, 3.05) is 31.2 Å². The van der Waals surface area contributed by atoms with Gasteiger partial charge in [-0.05, 0) is 43.9 Å². The predicted molar refractivity (Wildman–Crippen MR) is 143 cm³/mol. The smallest absolute Gasteiger partial charge is 0.313 e. The molecule has 0 radical (unpaired) electrons. The topological polar surface area (TPSA) is 96.4 Å². The standard InChI is InChI=1S/C29H35ClN2O6/c1-3-28-13-10-18-37-27(36)22(28)21-25(34)32(15-6-4-5-7-17-33)24-26(35)31(16-9-14-29(21,24)38-28)23-19(2)11-8-12-20(23)30/h8-14,21-22,24,33H,3-7,15-18H2,1-2H3/t21-,22-,24?,28+,29-/m0/s1. The normalized spacial score (nSPS) is 32.1. The molecule has 204 valence electrons. The Hall–Kier alpha value is -2.68. The van der Waals surface area contributed by atoms with Gasteiger partial charge in [0.05, 0.1) is 16.6 Å².